The molecule has 14 heavy (non-hydrogen) atoms. The van der Waals surface area contributed by atoms with Crippen LogP contribution in [0.15, 0.2) is 11.7 Å². The van der Waals surface area contributed by atoms with Crippen LogP contribution < -0.4 is 10.2 Å². The second kappa shape index (κ2) is 4.06. The number of carbonyl (C=O) groups excluding carboxylic acids is 1. The topological polar surface area (TPSA) is 45.2 Å². The lowest BCUT2D eigenvalue weighted by molar-refractivity contribution is -0.119. The molecule has 1 aromatic heterocycles. The lowest BCUT2D eigenvalue weighted by Crippen LogP contribution is -2.41. The van der Waals surface area contributed by atoms with Crippen LogP contribution in [0.2, 0.25) is 0 Å². The zero-order valence-corrected chi connectivity index (χ0v) is 8.88. The summed E-state index contributed by atoms with van der Waals surface area (Å²) in [5, 5.41) is 4.10. The molecular formula is C9H13N3OS. The van der Waals surface area contributed by atoms with Crippen molar-refractivity contribution in [1.82, 2.24) is 10.3 Å². The van der Waals surface area contributed by atoms with Crippen molar-refractivity contribution in [3.05, 3.63) is 11.7 Å². The smallest absolute Gasteiger partial charge is 0.244 e. The molecule has 4 nitrogen and oxygen atoms in total. The van der Waals surface area contributed by atoms with Crippen molar-refractivity contribution in [2.45, 2.75) is 18.9 Å². The highest BCUT2D eigenvalue weighted by atomic mass is 32.1. The Balaban J connectivity index is 2.04. The third-order valence-corrected chi connectivity index (χ3v) is 3.29. The van der Waals surface area contributed by atoms with Gasteiger partial charge in [-0.2, -0.15) is 0 Å². The molecule has 2 heterocycles. The summed E-state index contributed by atoms with van der Waals surface area (Å²) in [6, 6.07) is 0.00194. The normalized spacial score (nSPS) is 21.1. The molecule has 1 amide bonds. The van der Waals surface area contributed by atoms with E-state index in [1.54, 1.807) is 23.7 Å². The molecule has 1 aliphatic rings. The molecule has 1 fully saturated rings. The van der Waals surface area contributed by atoms with Crippen LogP contribution in [0.5, 0.6) is 0 Å². The van der Waals surface area contributed by atoms with E-state index in [0.29, 0.717) is 0 Å². The summed E-state index contributed by atoms with van der Waals surface area (Å²) in [5.74, 6) is 0.145. The van der Waals surface area contributed by atoms with E-state index in [4.69, 9.17) is 0 Å². The SMILES string of the molecule is CN(C(=O)[C@@H]1CCCN1)c1cncs1. The average molecular weight is 211 g/mol. The molecule has 0 saturated carbocycles. The first-order chi connectivity index (χ1) is 6.79. The van der Waals surface area contributed by atoms with Gasteiger partial charge in [0, 0.05) is 7.05 Å². The van der Waals surface area contributed by atoms with Gasteiger partial charge in [-0.05, 0) is 19.4 Å². The fourth-order valence-electron chi connectivity index (χ4n) is 1.61. The number of anilines is 1. The minimum absolute atomic E-state index is 0.00194. The van der Waals surface area contributed by atoms with Gasteiger partial charge < -0.3 is 10.2 Å². The maximum atomic E-state index is 11.9. The second-order valence-electron chi connectivity index (χ2n) is 3.39. The largest absolute Gasteiger partial charge is 0.306 e. The molecule has 76 valence electrons. The number of thiazole rings is 1. The van der Waals surface area contributed by atoms with Gasteiger partial charge in [-0.25, -0.2) is 0 Å². The Hall–Kier alpha value is -0.940. The highest BCUT2D eigenvalue weighted by Gasteiger charge is 2.25. The van der Waals surface area contributed by atoms with E-state index in [0.717, 1.165) is 24.4 Å². The van der Waals surface area contributed by atoms with E-state index in [1.807, 2.05) is 0 Å². The highest BCUT2D eigenvalue weighted by Crippen LogP contribution is 2.19. The number of nitrogens with zero attached hydrogens (tertiary/aromatic N) is 2. The summed E-state index contributed by atoms with van der Waals surface area (Å²) in [6.07, 6.45) is 3.76. The molecular weight excluding hydrogens is 198 g/mol. The van der Waals surface area contributed by atoms with Crippen LogP contribution in [0.4, 0.5) is 5.00 Å². The molecule has 0 aromatic carbocycles. The molecule has 2 rings (SSSR count). The fraction of sp³-hybridized carbons (Fsp3) is 0.556. The van der Waals surface area contributed by atoms with Crippen LogP contribution in [0.1, 0.15) is 12.8 Å². The Morgan fingerprint density at radius 2 is 2.64 bits per heavy atom. The van der Waals surface area contributed by atoms with Gasteiger partial charge in [0.15, 0.2) is 0 Å². The van der Waals surface area contributed by atoms with Crippen molar-refractivity contribution < 1.29 is 4.79 Å². The van der Waals surface area contributed by atoms with Gasteiger partial charge in [-0.3, -0.25) is 9.78 Å². The van der Waals surface area contributed by atoms with Gasteiger partial charge in [-0.1, -0.05) is 0 Å². The van der Waals surface area contributed by atoms with Crippen LogP contribution in [0.3, 0.4) is 0 Å². The van der Waals surface area contributed by atoms with Gasteiger partial charge in [-0.15, -0.1) is 11.3 Å². The van der Waals surface area contributed by atoms with Gasteiger partial charge in [0.1, 0.15) is 5.00 Å². The molecule has 0 radical (unpaired) electrons. The summed E-state index contributed by atoms with van der Waals surface area (Å²) in [5.41, 5.74) is 1.74. The lowest BCUT2D eigenvalue weighted by Gasteiger charge is -2.18. The lowest BCUT2D eigenvalue weighted by atomic mass is 10.2. The summed E-state index contributed by atoms with van der Waals surface area (Å²) < 4.78 is 0. The van der Waals surface area contributed by atoms with Gasteiger partial charge >= 0.3 is 0 Å². The number of likely N-dealkylation sites (N-methyl/N-ethyl adjacent to an activating group) is 1. The maximum Gasteiger partial charge on any atom is 0.244 e. The summed E-state index contributed by atoms with van der Waals surface area (Å²) in [4.78, 5) is 17.5. The number of nitrogens with one attached hydrogen (secondary N) is 1. The highest BCUT2D eigenvalue weighted by molar-refractivity contribution is 7.14. The summed E-state index contributed by atoms with van der Waals surface area (Å²) >= 11 is 1.48. The van der Waals surface area contributed by atoms with E-state index in [2.05, 4.69) is 10.3 Å². The van der Waals surface area contributed by atoms with Crippen molar-refractivity contribution in [2.75, 3.05) is 18.5 Å². The average Bonchev–Trinajstić information content (AvgIpc) is 2.87. The number of hydrogen-bond acceptors (Lipinski definition) is 4. The molecule has 1 saturated heterocycles. The number of aromatic nitrogens is 1. The van der Waals surface area contributed by atoms with Crippen molar-refractivity contribution in [2.24, 2.45) is 0 Å². The minimum Gasteiger partial charge on any atom is -0.306 e. The Labute approximate surface area is 86.9 Å². The summed E-state index contributed by atoms with van der Waals surface area (Å²) in [6.45, 7) is 0.951. The molecule has 0 unspecified atom stereocenters. The summed E-state index contributed by atoms with van der Waals surface area (Å²) in [7, 11) is 1.80. The van der Waals surface area contributed by atoms with Gasteiger partial charge in [0.25, 0.3) is 0 Å². The molecule has 0 spiro atoms. The third-order valence-electron chi connectivity index (χ3n) is 2.44. The van der Waals surface area contributed by atoms with E-state index in [-0.39, 0.29) is 11.9 Å². The predicted octanol–water partition coefficient (Wildman–Crippen LogP) is 0.858. The molecule has 5 heteroatoms. The van der Waals surface area contributed by atoms with Crippen LogP contribution in [0.25, 0.3) is 0 Å². The van der Waals surface area contributed by atoms with E-state index in [9.17, 15) is 4.79 Å². The van der Waals surface area contributed by atoms with Crippen LogP contribution >= 0.6 is 11.3 Å². The Morgan fingerprint density at radius 3 is 3.21 bits per heavy atom. The van der Waals surface area contributed by atoms with Crippen molar-refractivity contribution >= 4 is 22.2 Å². The number of carbonyl (C=O) groups is 1. The van der Waals surface area contributed by atoms with Crippen LogP contribution in [-0.2, 0) is 4.79 Å². The number of hydrogen-bond donors (Lipinski definition) is 1. The first kappa shape index (κ1) is 9.61. The van der Waals surface area contributed by atoms with Crippen molar-refractivity contribution in [1.29, 1.82) is 0 Å². The molecule has 0 aliphatic carbocycles. The van der Waals surface area contributed by atoms with Gasteiger partial charge in [0.05, 0.1) is 17.7 Å². The molecule has 1 aliphatic heterocycles. The van der Waals surface area contributed by atoms with Crippen LogP contribution in [0, 0.1) is 0 Å². The molecule has 1 N–H and O–H groups in total. The fourth-order valence-corrected chi connectivity index (χ4v) is 2.21. The standard InChI is InChI=1S/C9H13N3OS/c1-12(8-5-10-6-14-8)9(13)7-3-2-4-11-7/h5-7,11H,2-4H2,1H3/t7-/m0/s1. The quantitative estimate of drug-likeness (QED) is 0.789. The monoisotopic (exact) mass is 211 g/mol. The van der Waals surface area contributed by atoms with Crippen LogP contribution in [-0.4, -0.2) is 30.5 Å². The number of rotatable bonds is 2. The van der Waals surface area contributed by atoms with E-state index >= 15 is 0 Å². The third kappa shape index (κ3) is 1.78. The Morgan fingerprint density at radius 1 is 1.79 bits per heavy atom. The van der Waals surface area contributed by atoms with E-state index < -0.39 is 0 Å². The minimum atomic E-state index is 0.00194. The Bertz CT molecular complexity index is 306. The zero-order valence-electron chi connectivity index (χ0n) is 8.06. The maximum absolute atomic E-state index is 11.9. The first-order valence-corrected chi connectivity index (χ1v) is 5.56. The first-order valence-electron chi connectivity index (χ1n) is 4.68. The Kier molecular flexibility index (Phi) is 2.79. The number of amides is 1. The predicted molar refractivity (Wildman–Crippen MR) is 56.5 cm³/mol. The van der Waals surface area contributed by atoms with Crippen molar-refractivity contribution in [3.8, 4) is 0 Å². The van der Waals surface area contributed by atoms with Crippen molar-refractivity contribution in [3.63, 3.8) is 0 Å². The zero-order chi connectivity index (χ0) is 9.97. The molecule has 1 atom stereocenters. The molecule has 0 bridgehead atoms. The van der Waals surface area contributed by atoms with Gasteiger partial charge in [0.2, 0.25) is 5.91 Å². The van der Waals surface area contributed by atoms with E-state index in [1.165, 1.54) is 11.3 Å². The second-order valence-corrected chi connectivity index (χ2v) is 4.25. The molecule has 1 aromatic rings.